The van der Waals surface area contributed by atoms with Crippen LogP contribution in [0.2, 0.25) is 0 Å². The molecule has 0 bridgehead atoms. The molecular formula is C21H25BrN2O. The number of carbonyl (C=O) groups excluding carboxylic acids is 1. The zero-order chi connectivity index (χ0) is 17.7. The number of hydrogen-bond donors (Lipinski definition) is 1. The van der Waals surface area contributed by atoms with E-state index in [2.05, 4.69) is 69.6 Å². The highest BCUT2D eigenvalue weighted by Gasteiger charge is 2.50. The molecule has 1 fully saturated rings. The van der Waals surface area contributed by atoms with E-state index >= 15 is 0 Å². The average Bonchev–Trinajstić information content (AvgIpc) is 3.44. The van der Waals surface area contributed by atoms with Gasteiger partial charge in [-0.25, -0.2) is 0 Å². The van der Waals surface area contributed by atoms with Gasteiger partial charge in [0.15, 0.2) is 0 Å². The molecule has 1 aliphatic rings. The zero-order valence-electron chi connectivity index (χ0n) is 14.7. The summed E-state index contributed by atoms with van der Waals surface area (Å²) in [4.78, 5) is 14.9. The van der Waals surface area contributed by atoms with E-state index in [1.165, 1.54) is 5.69 Å². The van der Waals surface area contributed by atoms with Crippen LogP contribution in [0.4, 0.5) is 5.69 Å². The van der Waals surface area contributed by atoms with Crippen molar-refractivity contribution in [3.8, 4) is 0 Å². The number of hydrogen-bond acceptors (Lipinski definition) is 2. The quantitative estimate of drug-likeness (QED) is 0.660. The van der Waals surface area contributed by atoms with Crippen molar-refractivity contribution in [1.29, 1.82) is 0 Å². The number of carbonyl (C=O) groups is 1. The van der Waals surface area contributed by atoms with Crippen molar-refractivity contribution in [2.24, 2.45) is 0 Å². The van der Waals surface area contributed by atoms with Gasteiger partial charge < -0.3 is 10.2 Å². The standard InChI is InChI=1S/C21H25BrN2O/c1-24(19-7-3-2-4-8-19)16-6-5-15-23-20(25)21(13-14-21)17-9-11-18(22)12-10-17/h2-4,7-12H,5-6,13-16H2,1H3,(H,23,25). The van der Waals surface area contributed by atoms with Gasteiger partial charge in [0.05, 0.1) is 5.41 Å². The molecular weight excluding hydrogens is 376 g/mol. The minimum absolute atomic E-state index is 0.186. The Hall–Kier alpha value is -1.81. The maximum atomic E-state index is 12.6. The molecule has 0 radical (unpaired) electrons. The third kappa shape index (κ3) is 4.43. The summed E-state index contributed by atoms with van der Waals surface area (Å²) in [5.41, 5.74) is 2.09. The van der Waals surface area contributed by atoms with E-state index in [9.17, 15) is 4.79 Å². The molecule has 132 valence electrons. The van der Waals surface area contributed by atoms with Crippen LogP contribution in [0.3, 0.4) is 0 Å². The fourth-order valence-electron chi connectivity index (χ4n) is 3.20. The highest BCUT2D eigenvalue weighted by molar-refractivity contribution is 9.10. The molecule has 2 aromatic carbocycles. The zero-order valence-corrected chi connectivity index (χ0v) is 16.3. The van der Waals surface area contributed by atoms with Crippen molar-refractivity contribution in [2.75, 3.05) is 25.0 Å². The van der Waals surface area contributed by atoms with Gasteiger partial charge in [-0.15, -0.1) is 0 Å². The maximum Gasteiger partial charge on any atom is 0.230 e. The van der Waals surface area contributed by atoms with Crippen LogP contribution in [-0.2, 0) is 10.2 Å². The molecule has 1 aliphatic carbocycles. The first-order valence-electron chi connectivity index (χ1n) is 8.92. The maximum absolute atomic E-state index is 12.6. The van der Waals surface area contributed by atoms with Gasteiger partial charge in [-0.1, -0.05) is 46.3 Å². The van der Waals surface area contributed by atoms with Crippen LogP contribution in [0, 0.1) is 0 Å². The largest absolute Gasteiger partial charge is 0.375 e. The third-order valence-electron chi connectivity index (χ3n) is 4.98. The first kappa shape index (κ1) is 18.0. The van der Waals surface area contributed by atoms with Crippen LogP contribution < -0.4 is 10.2 Å². The van der Waals surface area contributed by atoms with E-state index in [0.717, 1.165) is 48.8 Å². The molecule has 4 heteroatoms. The van der Waals surface area contributed by atoms with Gasteiger partial charge >= 0.3 is 0 Å². The van der Waals surface area contributed by atoms with Gasteiger partial charge in [0.2, 0.25) is 5.91 Å². The van der Waals surface area contributed by atoms with Gasteiger partial charge in [0.1, 0.15) is 0 Å². The third-order valence-corrected chi connectivity index (χ3v) is 5.51. The number of rotatable bonds is 8. The van der Waals surface area contributed by atoms with Gasteiger partial charge in [-0.2, -0.15) is 0 Å². The number of nitrogens with zero attached hydrogens (tertiary/aromatic N) is 1. The predicted octanol–water partition coefficient (Wildman–Crippen LogP) is 4.51. The van der Waals surface area contributed by atoms with Crippen molar-refractivity contribution >= 4 is 27.5 Å². The van der Waals surface area contributed by atoms with Crippen LogP contribution in [0.25, 0.3) is 0 Å². The average molecular weight is 401 g/mol. The summed E-state index contributed by atoms with van der Waals surface area (Å²) >= 11 is 3.45. The van der Waals surface area contributed by atoms with Crippen LogP contribution in [-0.4, -0.2) is 26.0 Å². The minimum Gasteiger partial charge on any atom is -0.375 e. The first-order valence-corrected chi connectivity index (χ1v) is 9.72. The van der Waals surface area contributed by atoms with Crippen molar-refractivity contribution < 1.29 is 4.79 Å². The second-order valence-corrected chi connectivity index (χ2v) is 7.72. The summed E-state index contributed by atoms with van der Waals surface area (Å²) in [5, 5.41) is 3.14. The molecule has 3 nitrogen and oxygen atoms in total. The smallest absolute Gasteiger partial charge is 0.230 e. The lowest BCUT2D eigenvalue weighted by atomic mass is 9.95. The molecule has 0 heterocycles. The van der Waals surface area contributed by atoms with E-state index in [-0.39, 0.29) is 11.3 Å². The van der Waals surface area contributed by atoms with Crippen molar-refractivity contribution in [1.82, 2.24) is 5.32 Å². The second-order valence-electron chi connectivity index (χ2n) is 6.81. The Labute approximate surface area is 158 Å². The Balaban J connectivity index is 1.40. The van der Waals surface area contributed by atoms with Crippen molar-refractivity contribution in [3.63, 3.8) is 0 Å². The molecule has 1 amide bonds. The molecule has 1 N–H and O–H groups in total. The second kappa shape index (κ2) is 8.05. The molecule has 0 unspecified atom stereocenters. The fraction of sp³-hybridized carbons (Fsp3) is 0.381. The number of halogens is 1. The highest BCUT2D eigenvalue weighted by atomic mass is 79.9. The van der Waals surface area contributed by atoms with E-state index in [1.807, 2.05) is 18.2 Å². The van der Waals surface area contributed by atoms with Crippen LogP contribution in [0.5, 0.6) is 0 Å². The molecule has 0 atom stereocenters. The van der Waals surface area contributed by atoms with Crippen molar-refractivity contribution in [3.05, 3.63) is 64.6 Å². The van der Waals surface area contributed by atoms with Crippen LogP contribution >= 0.6 is 15.9 Å². The molecule has 0 aromatic heterocycles. The number of para-hydroxylation sites is 1. The van der Waals surface area contributed by atoms with Gasteiger partial charge in [0.25, 0.3) is 0 Å². The monoisotopic (exact) mass is 400 g/mol. The summed E-state index contributed by atoms with van der Waals surface area (Å²) in [6.45, 7) is 1.75. The Morgan fingerprint density at radius 3 is 2.40 bits per heavy atom. The van der Waals surface area contributed by atoms with E-state index in [0.29, 0.717) is 0 Å². The fourth-order valence-corrected chi connectivity index (χ4v) is 3.46. The Morgan fingerprint density at radius 1 is 1.08 bits per heavy atom. The molecule has 0 saturated heterocycles. The van der Waals surface area contributed by atoms with Gasteiger partial charge in [-0.05, 0) is 55.5 Å². The summed E-state index contributed by atoms with van der Waals surface area (Å²) in [5.74, 6) is 0.186. The number of anilines is 1. The molecule has 3 rings (SSSR count). The Morgan fingerprint density at radius 2 is 1.76 bits per heavy atom. The van der Waals surface area contributed by atoms with Crippen molar-refractivity contribution in [2.45, 2.75) is 31.1 Å². The summed E-state index contributed by atoms with van der Waals surface area (Å²) in [6, 6.07) is 18.5. The van der Waals surface area contributed by atoms with E-state index < -0.39 is 0 Å². The number of amides is 1. The molecule has 2 aromatic rings. The lowest BCUT2D eigenvalue weighted by molar-refractivity contribution is -0.123. The number of unbranched alkanes of at least 4 members (excludes halogenated alkanes) is 1. The molecule has 25 heavy (non-hydrogen) atoms. The van der Waals surface area contributed by atoms with E-state index in [4.69, 9.17) is 0 Å². The predicted molar refractivity (Wildman–Crippen MR) is 107 cm³/mol. The lowest BCUT2D eigenvalue weighted by Gasteiger charge is -2.19. The number of benzene rings is 2. The Bertz CT molecular complexity index is 696. The van der Waals surface area contributed by atoms with Gasteiger partial charge in [-0.3, -0.25) is 4.79 Å². The normalized spacial score (nSPS) is 14.8. The first-order chi connectivity index (χ1) is 12.1. The Kier molecular flexibility index (Phi) is 5.79. The molecule has 0 aliphatic heterocycles. The van der Waals surface area contributed by atoms with Crippen LogP contribution in [0.1, 0.15) is 31.2 Å². The highest BCUT2D eigenvalue weighted by Crippen LogP contribution is 2.48. The lowest BCUT2D eigenvalue weighted by Crippen LogP contribution is -2.35. The summed E-state index contributed by atoms with van der Waals surface area (Å²) < 4.78 is 1.05. The summed E-state index contributed by atoms with van der Waals surface area (Å²) in [6.07, 6.45) is 3.98. The SMILES string of the molecule is CN(CCCCNC(=O)C1(c2ccc(Br)cc2)CC1)c1ccccc1. The van der Waals surface area contributed by atoms with E-state index in [1.54, 1.807) is 0 Å². The number of nitrogens with one attached hydrogen (secondary N) is 1. The van der Waals surface area contributed by atoms with Gasteiger partial charge in [0, 0.05) is 30.3 Å². The minimum atomic E-state index is -0.276. The summed E-state index contributed by atoms with van der Waals surface area (Å²) in [7, 11) is 2.11. The molecule has 0 spiro atoms. The topological polar surface area (TPSA) is 32.3 Å². The van der Waals surface area contributed by atoms with Crippen LogP contribution in [0.15, 0.2) is 59.1 Å². The molecule has 1 saturated carbocycles.